The van der Waals surface area contributed by atoms with Gasteiger partial charge in [0.25, 0.3) is 0 Å². The molecule has 1 amide bonds. The van der Waals surface area contributed by atoms with E-state index in [4.69, 9.17) is 21.1 Å². The third kappa shape index (κ3) is 4.35. The summed E-state index contributed by atoms with van der Waals surface area (Å²) in [6.07, 6.45) is 4.63. The van der Waals surface area contributed by atoms with Crippen molar-refractivity contribution in [2.45, 2.75) is 39.5 Å². The van der Waals surface area contributed by atoms with Crippen LogP contribution in [0.25, 0.3) is 0 Å². The summed E-state index contributed by atoms with van der Waals surface area (Å²) in [5, 5.41) is 3.64. The van der Waals surface area contributed by atoms with Crippen LogP contribution in [0.15, 0.2) is 36.7 Å². The third-order valence-electron chi connectivity index (χ3n) is 4.19. The molecule has 0 bridgehead atoms. The zero-order chi connectivity index (χ0) is 17.8. The highest BCUT2D eigenvalue weighted by atomic mass is 35.5. The van der Waals surface area contributed by atoms with Crippen LogP contribution in [-0.2, 0) is 22.7 Å². The van der Waals surface area contributed by atoms with Gasteiger partial charge < -0.3 is 19.4 Å². The molecule has 2 aromatic rings. The molecular weight excluding hydrogens is 340 g/mol. The molecule has 0 saturated carbocycles. The van der Waals surface area contributed by atoms with E-state index >= 15 is 0 Å². The minimum atomic E-state index is -0.228. The number of aromatic nitrogens is 1. The van der Waals surface area contributed by atoms with Crippen molar-refractivity contribution in [1.82, 2.24) is 9.88 Å². The summed E-state index contributed by atoms with van der Waals surface area (Å²) < 4.78 is 12.8. The summed E-state index contributed by atoms with van der Waals surface area (Å²) in [7, 11) is 0. The fraction of sp³-hybridized carbons (Fsp3) is 0.421. The molecule has 3 rings (SSSR count). The molecule has 1 aliphatic rings. The van der Waals surface area contributed by atoms with E-state index in [1.165, 1.54) is 0 Å². The number of ether oxygens (including phenoxy) is 2. The Morgan fingerprint density at radius 3 is 2.80 bits per heavy atom. The van der Waals surface area contributed by atoms with Crippen molar-refractivity contribution in [3.05, 3.63) is 52.8 Å². The van der Waals surface area contributed by atoms with Crippen LogP contribution in [0, 0.1) is 5.92 Å². The van der Waals surface area contributed by atoms with Crippen LogP contribution in [0.3, 0.4) is 0 Å². The number of carbonyl (C=O) groups excluding carboxylic acids is 1. The lowest BCUT2D eigenvalue weighted by Crippen LogP contribution is -2.33. The molecule has 1 aromatic carbocycles. The van der Waals surface area contributed by atoms with E-state index < -0.39 is 0 Å². The predicted octanol–water partition coefficient (Wildman–Crippen LogP) is 3.91. The fourth-order valence-electron chi connectivity index (χ4n) is 3.05. The number of nitrogens with zero attached hydrogens (tertiary/aromatic N) is 1. The molecule has 0 fully saturated rings. The molecule has 0 aliphatic carbocycles. The lowest BCUT2D eigenvalue weighted by Gasteiger charge is -2.23. The minimum Gasteiger partial charge on any atom is -0.467 e. The smallest absolute Gasteiger partial charge is 0.243 e. The van der Waals surface area contributed by atoms with Gasteiger partial charge in [-0.15, -0.1) is 0 Å². The molecule has 1 N–H and O–H groups in total. The van der Waals surface area contributed by atoms with Gasteiger partial charge in [-0.25, -0.2) is 0 Å². The van der Waals surface area contributed by atoms with Crippen molar-refractivity contribution in [3.63, 3.8) is 0 Å². The van der Waals surface area contributed by atoms with Crippen molar-refractivity contribution < 1.29 is 14.3 Å². The van der Waals surface area contributed by atoms with Gasteiger partial charge in [-0.1, -0.05) is 25.4 Å². The number of nitrogens with one attached hydrogen (secondary N) is 1. The van der Waals surface area contributed by atoms with Crippen LogP contribution in [-0.4, -0.2) is 17.3 Å². The Morgan fingerprint density at radius 1 is 1.32 bits per heavy atom. The van der Waals surface area contributed by atoms with Crippen LogP contribution in [0.2, 0.25) is 5.02 Å². The largest absolute Gasteiger partial charge is 0.467 e. The summed E-state index contributed by atoms with van der Waals surface area (Å²) in [6, 6.07) is 7.31. The number of hydrogen-bond acceptors (Lipinski definition) is 3. The first-order valence-electron chi connectivity index (χ1n) is 8.46. The zero-order valence-electron chi connectivity index (χ0n) is 14.5. The van der Waals surface area contributed by atoms with Gasteiger partial charge in [0.05, 0.1) is 6.61 Å². The molecule has 1 atom stereocenters. The lowest BCUT2D eigenvalue weighted by atomic mass is 10.0. The van der Waals surface area contributed by atoms with E-state index in [-0.39, 0.29) is 18.7 Å². The van der Waals surface area contributed by atoms with Gasteiger partial charge in [-0.05, 0) is 36.6 Å². The molecule has 2 heterocycles. The first kappa shape index (κ1) is 17.8. The van der Waals surface area contributed by atoms with Crippen LogP contribution in [0.5, 0.6) is 5.75 Å². The second kappa shape index (κ2) is 7.93. The average molecular weight is 363 g/mol. The lowest BCUT2D eigenvalue weighted by molar-refractivity contribution is -0.125. The first-order valence-corrected chi connectivity index (χ1v) is 8.84. The number of carbonyl (C=O) groups is 1. The average Bonchev–Trinajstić information content (AvgIpc) is 3.11. The Kier molecular flexibility index (Phi) is 5.66. The summed E-state index contributed by atoms with van der Waals surface area (Å²) in [5.74, 6) is 1.17. The Balaban J connectivity index is 1.74. The maximum atomic E-state index is 12.8. The second-order valence-corrected chi connectivity index (χ2v) is 7.09. The summed E-state index contributed by atoms with van der Waals surface area (Å²) in [5.41, 5.74) is 1.78. The summed E-state index contributed by atoms with van der Waals surface area (Å²) in [6.45, 7) is 5.29. The highest BCUT2D eigenvalue weighted by Crippen LogP contribution is 2.31. The molecule has 25 heavy (non-hydrogen) atoms. The van der Waals surface area contributed by atoms with Gasteiger partial charge >= 0.3 is 0 Å². The van der Waals surface area contributed by atoms with Gasteiger partial charge in [-0.2, -0.15) is 0 Å². The van der Waals surface area contributed by atoms with Crippen molar-refractivity contribution >= 4 is 17.5 Å². The number of rotatable bonds is 6. The zero-order valence-corrected chi connectivity index (χ0v) is 15.3. The van der Waals surface area contributed by atoms with Gasteiger partial charge in [0, 0.05) is 35.1 Å². The Hall–Kier alpha value is -1.98. The first-order chi connectivity index (χ1) is 12.0. The van der Waals surface area contributed by atoms with Gasteiger partial charge in [-0.3, -0.25) is 4.79 Å². The van der Waals surface area contributed by atoms with E-state index in [9.17, 15) is 4.79 Å². The maximum absolute atomic E-state index is 12.8. The van der Waals surface area contributed by atoms with Gasteiger partial charge in [0.1, 0.15) is 11.8 Å². The highest BCUT2D eigenvalue weighted by molar-refractivity contribution is 6.30. The minimum absolute atomic E-state index is 0.00863. The van der Waals surface area contributed by atoms with Crippen molar-refractivity contribution in [3.8, 4) is 5.75 Å². The summed E-state index contributed by atoms with van der Waals surface area (Å²) >= 11 is 6.18. The van der Waals surface area contributed by atoms with E-state index in [1.807, 2.05) is 41.2 Å². The van der Waals surface area contributed by atoms with E-state index in [0.29, 0.717) is 24.1 Å². The van der Waals surface area contributed by atoms with Crippen molar-refractivity contribution in [2.24, 2.45) is 5.92 Å². The van der Waals surface area contributed by atoms with Crippen LogP contribution in [0.4, 0.5) is 0 Å². The third-order valence-corrected chi connectivity index (χ3v) is 4.41. The topological polar surface area (TPSA) is 52.5 Å². The molecule has 0 saturated heterocycles. The Labute approximate surface area is 152 Å². The summed E-state index contributed by atoms with van der Waals surface area (Å²) in [4.78, 5) is 12.8. The van der Waals surface area contributed by atoms with E-state index in [0.717, 1.165) is 23.3 Å². The molecule has 1 aliphatic heterocycles. The highest BCUT2D eigenvalue weighted by Gasteiger charge is 2.22. The standard InChI is InChI=1S/C19H23ClN2O3/c1-13(2)7-17(22-5-3-4-6-22)19(23)21-10-14-8-16(20)9-15-11-24-12-25-18(14)15/h3-6,8-9,13,17H,7,10-12H2,1-2H3,(H,21,23). The second-order valence-electron chi connectivity index (χ2n) is 6.66. The quantitative estimate of drug-likeness (QED) is 0.847. The van der Waals surface area contributed by atoms with Crippen LogP contribution >= 0.6 is 11.6 Å². The molecule has 5 nitrogen and oxygen atoms in total. The predicted molar refractivity (Wildman–Crippen MR) is 96.5 cm³/mol. The number of hydrogen-bond donors (Lipinski definition) is 1. The Morgan fingerprint density at radius 2 is 2.08 bits per heavy atom. The maximum Gasteiger partial charge on any atom is 0.243 e. The van der Waals surface area contributed by atoms with Gasteiger partial charge in [0.2, 0.25) is 5.91 Å². The molecule has 134 valence electrons. The molecule has 1 unspecified atom stereocenters. The van der Waals surface area contributed by atoms with Crippen molar-refractivity contribution in [1.29, 1.82) is 0 Å². The SMILES string of the molecule is CC(C)CC(C(=O)NCc1cc(Cl)cc2c1OCOC2)n1cccc1. The number of fused-ring (bicyclic) bond motifs is 1. The van der Waals surface area contributed by atoms with E-state index in [2.05, 4.69) is 19.2 Å². The normalized spacial score (nSPS) is 14.7. The van der Waals surface area contributed by atoms with Crippen molar-refractivity contribution in [2.75, 3.05) is 6.79 Å². The van der Waals surface area contributed by atoms with Gasteiger partial charge in [0.15, 0.2) is 6.79 Å². The molecule has 0 radical (unpaired) electrons. The molecule has 0 spiro atoms. The van der Waals surface area contributed by atoms with Crippen LogP contribution in [0.1, 0.15) is 37.4 Å². The fourth-order valence-corrected chi connectivity index (χ4v) is 3.32. The molecule has 1 aromatic heterocycles. The number of halogens is 1. The number of benzene rings is 1. The van der Waals surface area contributed by atoms with Crippen LogP contribution < -0.4 is 10.1 Å². The molecular formula is C19H23ClN2O3. The molecule has 6 heteroatoms. The monoisotopic (exact) mass is 362 g/mol. The van der Waals surface area contributed by atoms with E-state index in [1.54, 1.807) is 0 Å². The Bertz CT molecular complexity index is 729. The number of amides is 1.